The van der Waals surface area contributed by atoms with Crippen LogP contribution in [0.25, 0.3) is 0 Å². The maximum absolute atomic E-state index is 14.3. The summed E-state index contributed by atoms with van der Waals surface area (Å²) in [6.07, 6.45) is 3.82. The molecule has 0 amide bonds. The molecule has 5 aliphatic carbocycles. The molecule has 10 rings (SSSR count). The lowest BCUT2D eigenvalue weighted by atomic mass is 9.33. The van der Waals surface area contributed by atoms with Crippen LogP contribution in [0.5, 0.6) is 0 Å². The fourth-order valence-electron chi connectivity index (χ4n) is 18.0. The molecule has 80 heavy (non-hydrogen) atoms. The van der Waals surface area contributed by atoms with Gasteiger partial charge in [-0.15, -0.1) is 0 Å². The van der Waals surface area contributed by atoms with Gasteiger partial charge in [0, 0.05) is 17.8 Å². The molecule has 24 atom stereocenters. The summed E-state index contributed by atoms with van der Waals surface area (Å²) < 4.78 is 55.7. The van der Waals surface area contributed by atoms with Gasteiger partial charge in [-0.2, -0.15) is 0 Å². The third-order valence-corrected chi connectivity index (χ3v) is 24.2. The molecule has 12 nitrogen and oxygen atoms in total. The number of Topliss-reactive ketones (excluding diaryl/α,β-unsaturated/α-hetero) is 1. The summed E-state index contributed by atoms with van der Waals surface area (Å²) in [6, 6.07) is 19.1. The first-order chi connectivity index (χ1) is 37.8. The number of aldehydes is 1. The average Bonchev–Trinajstić information content (AvgIpc) is 3.45. The van der Waals surface area contributed by atoms with Crippen LogP contribution in [0, 0.1) is 85.8 Å². The topological polar surface area (TPSA) is 145 Å². The summed E-state index contributed by atoms with van der Waals surface area (Å²) in [4.78, 5) is 42.3. The van der Waals surface area contributed by atoms with Gasteiger partial charge in [0.2, 0.25) is 0 Å². The van der Waals surface area contributed by atoms with Crippen LogP contribution in [0.1, 0.15) is 171 Å². The summed E-state index contributed by atoms with van der Waals surface area (Å²) in [5.74, 6) is 0.117. The van der Waals surface area contributed by atoms with Crippen molar-refractivity contribution in [2.24, 2.45) is 85.8 Å². The SMILES string of the molecule is CC(=O)[C@]12CCC(C)(C)CC1C1=CCC3C4(C)CC[C@H](O[C@@H]5OC(C)[C@@H](C)[C@H](O[C@@H]6OC[C@@H](C)[C@H](C)C6C)C5O[C@@H]5OC(COCc6ccccc6)[C@H](C)[C@H](C)C5OC(=O)c5ccccc5)[C@](C)(C=O)[C@@H]4CC[C@]3(C)[C@]1(C)CC2O. The van der Waals surface area contributed by atoms with Crippen molar-refractivity contribution in [1.29, 1.82) is 0 Å². The number of benzene rings is 2. The molecular formula is C68H98O12. The zero-order valence-corrected chi connectivity index (χ0v) is 50.8. The Labute approximate surface area is 478 Å². The highest BCUT2D eigenvalue weighted by Crippen LogP contribution is 2.76. The van der Waals surface area contributed by atoms with Crippen LogP contribution < -0.4 is 0 Å². The van der Waals surface area contributed by atoms with Crippen molar-refractivity contribution >= 4 is 18.0 Å². The molecule has 0 bridgehead atoms. The summed E-state index contributed by atoms with van der Waals surface area (Å²) in [5.41, 5.74) is 0.546. The molecule has 12 heteroatoms. The first kappa shape index (κ1) is 59.8. The molecule has 3 heterocycles. The van der Waals surface area contributed by atoms with E-state index < -0.39 is 72.3 Å². The lowest BCUT2D eigenvalue weighted by molar-refractivity contribution is -0.380. The number of allylic oxidation sites excluding steroid dienone is 2. The van der Waals surface area contributed by atoms with E-state index >= 15 is 0 Å². The molecule has 0 spiro atoms. The van der Waals surface area contributed by atoms with E-state index in [1.165, 1.54) is 11.9 Å². The lowest BCUT2D eigenvalue weighted by Crippen LogP contribution is -2.68. The molecule has 1 N–H and O–H groups in total. The van der Waals surface area contributed by atoms with Crippen molar-refractivity contribution in [3.05, 3.63) is 83.4 Å². The second-order valence-electron chi connectivity index (χ2n) is 28.8. The molecule has 0 aromatic heterocycles. The lowest BCUT2D eigenvalue weighted by Gasteiger charge is -2.71. The zero-order chi connectivity index (χ0) is 57.5. The van der Waals surface area contributed by atoms with Gasteiger partial charge in [-0.05, 0) is 146 Å². The van der Waals surface area contributed by atoms with Crippen LogP contribution in [0.3, 0.4) is 0 Å². The van der Waals surface area contributed by atoms with E-state index in [0.29, 0.717) is 43.5 Å². The van der Waals surface area contributed by atoms with Gasteiger partial charge in [0.1, 0.15) is 18.2 Å². The maximum Gasteiger partial charge on any atom is 0.338 e. The molecule has 2 aromatic carbocycles. The van der Waals surface area contributed by atoms with E-state index in [0.717, 1.165) is 50.5 Å². The van der Waals surface area contributed by atoms with Gasteiger partial charge >= 0.3 is 5.97 Å². The molecule has 4 saturated carbocycles. The second-order valence-corrected chi connectivity index (χ2v) is 28.8. The maximum atomic E-state index is 14.3. The Morgan fingerprint density at radius 3 is 2.06 bits per heavy atom. The van der Waals surface area contributed by atoms with Gasteiger partial charge in [-0.1, -0.05) is 143 Å². The van der Waals surface area contributed by atoms with Crippen molar-refractivity contribution in [3.8, 4) is 0 Å². The van der Waals surface area contributed by atoms with Crippen LogP contribution in [0.2, 0.25) is 0 Å². The minimum Gasteiger partial charge on any atom is -0.453 e. The van der Waals surface area contributed by atoms with E-state index in [1.54, 1.807) is 19.1 Å². The normalized spacial score (nSPS) is 47.0. The van der Waals surface area contributed by atoms with E-state index in [9.17, 15) is 19.5 Å². The van der Waals surface area contributed by atoms with Crippen molar-refractivity contribution in [2.75, 3.05) is 13.2 Å². The third-order valence-electron chi connectivity index (χ3n) is 24.2. The van der Waals surface area contributed by atoms with Gasteiger partial charge in [-0.3, -0.25) is 4.79 Å². The van der Waals surface area contributed by atoms with E-state index in [1.807, 2.05) is 48.5 Å². The summed E-state index contributed by atoms with van der Waals surface area (Å²) in [5, 5.41) is 12.4. The van der Waals surface area contributed by atoms with Gasteiger partial charge in [-0.25, -0.2) is 4.79 Å². The van der Waals surface area contributed by atoms with Crippen LogP contribution in [0.15, 0.2) is 72.3 Å². The molecule has 3 saturated heterocycles. The number of esters is 1. The molecule has 2 aromatic rings. The number of hydrogen-bond donors (Lipinski definition) is 1. The van der Waals surface area contributed by atoms with E-state index in [4.69, 9.17) is 37.9 Å². The molecule has 8 aliphatic rings. The molecule has 442 valence electrons. The van der Waals surface area contributed by atoms with Crippen molar-refractivity contribution < 1.29 is 57.4 Å². The fourth-order valence-corrected chi connectivity index (χ4v) is 18.0. The Morgan fingerprint density at radius 2 is 1.38 bits per heavy atom. The third kappa shape index (κ3) is 10.2. The highest BCUT2D eigenvalue weighted by Gasteiger charge is 2.71. The van der Waals surface area contributed by atoms with Crippen LogP contribution in [-0.2, 0) is 54.1 Å². The predicted molar refractivity (Wildman–Crippen MR) is 306 cm³/mol. The van der Waals surface area contributed by atoms with Gasteiger partial charge < -0.3 is 47.8 Å². The van der Waals surface area contributed by atoms with Crippen molar-refractivity contribution in [1.82, 2.24) is 0 Å². The first-order valence-electron chi connectivity index (χ1n) is 31.0. The number of fused-ring (bicyclic) bond motifs is 7. The fraction of sp³-hybridized carbons (Fsp3) is 0.750. The molecular weight excluding hydrogens is 1010 g/mol. The molecule has 0 radical (unpaired) electrons. The number of rotatable bonds is 14. The average molecular weight is 1110 g/mol. The van der Waals surface area contributed by atoms with E-state index in [-0.39, 0.29) is 81.6 Å². The van der Waals surface area contributed by atoms with Crippen molar-refractivity contribution in [2.45, 2.75) is 223 Å². The highest BCUT2D eigenvalue weighted by molar-refractivity contribution is 5.89. The van der Waals surface area contributed by atoms with Gasteiger partial charge in [0.15, 0.2) is 25.0 Å². The molecule has 9 unspecified atom stereocenters. The minimum atomic E-state index is -1.08. The Balaban J connectivity index is 0.974. The largest absolute Gasteiger partial charge is 0.453 e. The standard InChI is InChI=1S/C68H98O12/c1-39-35-74-60(43(5)40(39)2)79-56-44(6)45(7)75-62(58(56)80-61-57(78-59(72)48-23-19-16-20-24-48)42(4)41(3)51(76-61)37-73-36-47-21-17-15-18-22-47)77-55-28-29-64(11)52(65(55,12)38-69)27-30-66(13)53(64)26-25-49-50-33-63(9,10)31-32-68(50,46(8)70)54(71)34-67(49,66)14/h15-25,38-45,50-58,60-62,71H,26-37H2,1-14H3/t39-,40+,41-,42+,43?,44-,45?,50?,51?,52-,53?,54?,55+,56+,57?,58?,60+,61+,62+,64?,65-,66+,67-,68-/m1/s1. The number of carbonyl (C=O) groups excluding carboxylic acids is 3. The smallest absolute Gasteiger partial charge is 0.338 e. The summed E-state index contributed by atoms with van der Waals surface area (Å²) >= 11 is 0. The monoisotopic (exact) mass is 1110 g/mol. The van der Waals surface area contributed by atoms with Crippen LogP contribution in [-0.4, -0.2) is 98.0 Å². The Bertz CT molecular complexity index is 2550. The van der Waals surface area contributed by atoms with E-state index in [2.05, 4.69) is 96.1 Å². The van der Waals surface area contributed by atoms with Crippen molar-refractivity contribution in [3.63, 3.8) is 0 Å². The predicted octanol–water partition coefficient (Wildman–Crippen LogP) is 12.8. The Hall–Kier alpha value is -3.33. The van der Waals surface area contributed by atoms with Crippen LogP contribution in [0.4, 0.5) is 0 Å². The van der Waals surface area contributed by atoms with Crippen LogP contribution >= 0.6 is 0 Å². The number of ether oxygens (including phenoxy) is 8. The van der Waals surface area contributed by atoms with Gasteiger partial charge in [0.05, 0.1) is 66.7 Å². The summed E-state index contributed by atoms with van der Waals surface area (Å²) in [7, 11) is 0. The molecule has 7 fully saturated rings. The number of aliphatic hydroxyl groups is 1. The number of carbonyl (C=O) groups is 3. The highest BCUT2D eigenvalue weighted by atomic mass is 16.8. The first-order valence-corrected chi connectivity index (χ1v) is 31.0. The second kappa shape index (κ2) is 22.6. The number of ketones is 1. The Kier molecular flexibility index (Phi) is 16.9. The molecule has 3 aliphatic heterocycles. The quantitative estimate of drug-likeness (QED) is 0.0832. The Morgan fingerprint density at radius 1 is 0.700 bits per heavy atom. The zero-order valence-electron chi connectivity index (χ0n) is 50.8. The minimum absolute atomic E-state index is 0.00396. The number of aliphatic hydroxyl groups excluding tert-OH is 1. The number of hydrogen-bond acceptors (Lipinski definition) is 12. The summed E-state index contributed by atoms with van der Waals surface area (Å²) in [6.45, 7) is 32.1. The van der Waals surface area contributed by atoms with Gasteiger partial charge in [0.25, 0.3) is 0 Å².